The Kier molecular flexibility index (Phi) is 3.57. The summed E-state index contributed by atoms with van der Waals surface area (Å²) in [5, 5.41) is 3.17. The van der Waals surface area contributed by atoms with Crippen LogP contribution in [0, 0.1) is 5.82 Å². The highest BCUT2D eigenvalue weighted by atomic mass is 79.9. The highest BCUT2D eigenvalue weighted by Gasteiger charge is 1.96. The van der Waals surface area contributed by atoms with E-state index in [-0.39, 0.29) is 5.82 Å². The third-order valence-corrected chi connectivity index (χ3v) is 2.70. The van der Waals surface area contributed by atoms with E-state index in [1.54, 1.807) is 6.07 Å². The fourth-order valence-corrected chi connectivity index (χ4v) is 1.90. The zero-order chi connectivity index (χ0) is 11.4. The van der Waals surface area contributed by atoms with Crippen molar-refractivity contribution >= 4 is 21.6 Å². The summed E-state index contributed by atoms with van der Waals surface area (Å²) in [5.41, 5.74) is 1.94. The summed E-state index contributed by atoms with van der Waals surface area (Å²) in [6.07, 6.45) is 0. The first-order valence-electron chi connectivity index (χ1n) is 4.98. The monoisotopic (exact) mass is 279 g/mol. The minimum atomic E-state index is -0.223. The summed E-state index contributed by atoms with van der Waals surface area (Å²) < 4.78 is 14.0. The summed E-state index contributed by atoms with van der Waals surface area (Å²) in [4.78, 5) is 0. The Bertz CT molecular complexity index is 439. The molecule has 1 nitrogen and oxygen atoms in total. The van der Waals surface area contributed by atoms with Gasteiger partial charge in [0.25, 0.3) is 0 Å². The van der Waals surface area contributed by atoms with E-state index in [1.807, 2.05) is 30.3 Å². The quantitative estimate of drug-likeness (QED) is 0.888. The second-order valence-electron chi connectivity index (χ2n) is 3.49. The molecule has 0 spiro atoms. The standard InChI is InChI=1S/C13H11BrFN/c14-11-4-1-3-10(7-11)9-16-13-6-2-5-12(15)8-13/h1-8,16H,9H2. The molecule has 0 radical (unpaired) electrons. The summed E-state index contributed by atoms with van der Waals surface area (Å²) >= 11 is 3.41. The average Bonchev–Trinajstić information content (AvgIpc) is 2.27. The molecule has 0 atom stereocenters. The third-order valence-electron chi connectivity index (χ3n) is 2.21. The second-order valence-corrected chi connectivity index (χ2v) is 4.41. The van der Waals surface area contributed by atoms with Crippen LogP contribution in [0.4, 0.5) is 10.1 Å². The first-order valence-corrected chi connectivity index (χ1v) is 5.77. The van der Waals surface area contributed by atoms with Crippen molar-refractivity contribution in [1.29, 1.82) is 0 Å². The van der Waals surface area contributed by atoms with Crippen LogP contribution < -0.4 is 5.32 Å². The molecule has 0 aliphatic carbocycles. The van der Waals surface area contributed by atoms with E-state index in [2.05, 4.69) is 21.2 Å². The van der Waals surface area contributed by atoms with Gasteiger partial charge in [0.2, 0.25) is 0 Å². The number of benzene rings is 2. The molecule has 0 saturated heterocycles. The maximum absolute atomic E-state index is 12.9. The van der Waals surface area contributed by atoms with Gasteiger partial charge >= 0.3 is 0 Å². The van der Waals surface area contributed by atoms with E-state index >= 15 is 0 Å². The third kappa shape index (κ3) is 3.07. The lowest BCUT2D eigenvalue weighted by atomic mass is 10.2. The maximum atomic E-state index is 12.9. The van der Waals surface area contributed by atoms with Gasteiger partial charge in [-0.15, -0.1) is 0 Å². The zero-order valence-electron chi connectivity index (χ0n) is 8.58. The van der Waals surface area contributed by atoms with E-state index in [0.29, 0.717) is 6.54 Å². The topological polar surface area (TPSA) is 12.0 Å². The molecule has 0 amide bonds. The molecule has 0 saturated carbocycles. The van der Waals surface area contributed by atoms with Crippen molar-refractivity contribution in [3.8, 4) is 0 Å². The minimum Gasteiger partial charge on any atom is -0.381 e. The van der Waals surface area contributed by atoms with E-state index in [4.69, 9.17) is 0 Å². The van der Waals surface area contributed by atoms with Crippen LogP contribution in [0.5, 0.6) is 0 Å². The highest BCUT2D eigenvalue weighted by Crippen LogP contribution is 2.14. The van der Waals surface area contributed by atoms with Crippen molar-refractivity contribution in [2.45, 2.75) is 6.54 Å². The van der Waals surface area contributed by atoms with Gasteiger partial charge in [-0.2, -0.15) is 0 Å². The van der Waals surface area contributed by atoms with Gasteiger partial charge < -0.3 is 5.32 Å². The molecule has 16 heavy (non-hydrogen) atoms. The van der Waals surface area contributed by atoms with Gasteiger partial charge in [-0.3, -0.25) is 0 Å². The van der Waals surface area contributed by atoms with E-state index in [9.17, 15) is 4.39 Å². The van der Waals surface area contributed by atoms with Crippen molar-refractivity contribution in [2.24, 2.45) is 0 Å². The number of halogens is 2. The molecule has 1 N–H and O–H groups in total. The summed E-state index contributed by atoms with van der Waals surface area (Å²) in [6, 6.07) is 14.5. The van der Waals surface area contributed by atoms with Crippen molar-refractivity contribution in [2.75, 3.05) is 5.32 Å². The van der Waals surface area contributed by atoms with Gasteiger partial charge in [0.15, 0.2) is 0 Å². The van der Waals surface area contributed by atoms with Crippen LogP contribution in [0.15, 0.2) is 53.0 Å². The Hall–Kier alpha value is -1.35. The van der Waals surface area contributed by atoms with Gasteiger partial charge in [0.05, 0.1) is 0 Å². The fourth-order valence-electron chi connectivity index (χ4n) is 1.45. The zero-order valence-corrected chi connectivity index (χ0v) is 10.2. The maximum Gasteiger partial charge on any atom is 0.125 e. The van der Waals surface area contributed by atoms with E-state index < -0.39 is 0 Å². The van der Waals surface area contributed by atoms with Crippen LogP contribution in [0.1, 0.15) is 5.56 Å². The Morgan fingerprint density at radius 2 is 1.88 bits per heavy atom. The first kappa shape index (κ1) is 11.1. The smallest absolute Gasteiger partial charge is 0.125 e. The molecule has 0 bridgehead atoms. The predicted molar refractivity (Wildman–Crippen MR) is 67.9 cm³/mol. The number of anilines is 1. The molecule has 0 aliphatic rings. The van der Waals surface area contributed by atoms with Crippen LogP contribution >= 0.6 is 15.9 Å². The molecule has 2 rings (SSSR count). The fraction of sp³-hybridized carbons (Fsp3) is 0.0769. The minimum absolute atomic E-state index is 0.223. The second kappa shape index (κ2) is 5.12. The summed E-state index contributed by atoms with van der Waals surface area (Å²) in [7, 11) is 0. The van der Waals surface area contributed by atoms with Crippen LogP contribution in [-0.4, -0.2) is 0 Å². The molecule has 0 fully saturated rings. The van der Waals surface area contributed by atoms with Gasteiger partial charge in [-0.1, -0.05) is 34.1 Å². The summed E-state index contributed by atoms with van der Waals surface area (Å²) in [5.74, 6) is -0.223. The molecule has 2 aromatic carbocycles. The van der Waals surface area contributed by atoms with Crippen molar-refractivity contribution in [3.05, 3.63) is 64.4 Å². The van der Waals surface area contributed by atoms with E-state index in [1.165, 1.54) is 12.1 Å². The molecule has 0 heterocycles. The van der Waals surface area contributed by atoms with Crippen LogP contribution in [0.25, 0.3) is 0 Å². The number of hydrogen-bond donors (Lipinski definition) is 1. The van der Waals surface area contributed by atoms with Crippen molar-refractivity contribution < 1.29 is 4.39 Å². The highest BCUT2D eigenvalue weighted by molar-refractivity contribution is 9.10. The Morgan fingerprint density at radius 1 is 1.06 bits per heavy atom. The molecule has 0 unspecified atom stereocenters. The average molecular weight is 280 g/mol. The number of hydrogen-bond acceptors (Lipinski definition) is 1. The normalized spacial score (nSPS) is 10.1. The summed E-state index contributed by atoms with van der Waals surface area (Å²) in [6.45, 7) is 0.683. The molecule has 0 aromatic heterocycles. The molecule has 0 aliphatic heterocycles. The van der Waals surface area contributed by atoms with Crippen molar-refractivity contribution in [3.63, 3.8) is 0 Å². The number of rotatable bonds is 3. The van der Waals surface area contributed by atoms with Gasteiger partial charge in [-0.05, 0) is 35.9 Å². The lowest BCUT2D eigenvalue weighted by molar-refractivity contribution is 0.628. The largest absolute Gasteiger partial charge is 0.381 e. The van der Waals surface area contributed by atoms with Crippen molar-refractivity contribution in [1.82, 2.24) is 0 Å². The lowest BCUT2D eigenvalue weighted by Crippen LogP contribution is -1.99. The number of nitrogens with one attached hydrogen (secondary N) is 1. The predicted octanol–water partition coefficient (Wildman–Crippen LogP) is 4.20. The van der Waals surface area contributed by atoms with Crippen LogP contribution in [0.3, 0.4) is 0 Å². The van der Waals surface area contributed by atoms with Gasteiger partial charge in [0.1, 0.15) is 5.82 Å². The van der Waals surface area contributed by atoms with Crippen LogP contribution in [0.2, 0.25) is 0 Å². The molecule has 3 heteroatoms. The Labute approximate surface area is 102 Å². The lowest BCUT2D eigenvalue weighted by Gasteiger charge is -2.06. The molecular formula is C13H11BrFN. The molecule has 82 valence electrons. The van der Waals surface area contributed by atoms with Gasteiger partial charge in [-0.25, -0.2) is 4.39 Å². The first-order chi connectivity index (χ1) is 7.74. The van der Waals surface area contributed by atoms with Gasteiger partial charge in [0, 0.05) is 16.7 Å². The van der Waals surface area contributed by atoms with E-state index in [0.717, 1.165) is 15.7 Å². The molecular weight excluding hydrogens is 269 g/mol. The SMILES string of the molecule is Fc1cccc(NCc2cccc(Br)c2)c1. The Balaban J connectivity index is 2.02. The Morgan fingerprint density at radius 3 is 2.62 bits per heavy atom. The molecule has 2 aromatic rings. The van der Waals surface area contributed by atoms with Crippen LogP contribution in [-0.2, 0) is 6.54 Å².